The Labute approximate surface area is 236 Å². The van der Waals surface area contributed by atoms with Crippen LogP contribution in [0.15, 0.2) is 30.5 Å². The van der Waals surface area contributed by atoms with Crippen LogP contribution in [-0.2, 0) is 20.5 Å². The number of alkyl halides is 4. The van der Waals surface area contributed by atoms with E-state index < -0.39 is 74.1 Å². The number of hydrogen-bond donors (Lipinski definition) is 1. The zero-order valence-corrected chi connectivity index (χ0v) is 25.1. The maximum absolute atomic E-state index is 13.8. The van der Waals surface area contributed by atoms with Crippen molar-refractivity contribution in [2.45, 2.75) is 77.9 Å². The van der Waals surface area contributed by atoms with E-state index in [-0.39, 0.29) is 33.4 Å². The Morgan fingerprint density at radius 3 is 2.31 bits per heavy atom. The molecule has 3 rings (SSSR count). The summed E-state index contributed by atoms with van der Waals surface area (Å²) < 4.78 is 52.0. The van der Waals surface area contributed by atoms with E-state index in [0.29, 0.717) is 0 Å². The van der Waals surface area contributed by atoms with Gasteiger partial charge < -0.3 is 0 Å². The first-order chi connectivity index (χ1) is 17.9. The van der Waals surface area contributed by atoms with Crippen LogP contribution in [-0.4, -0.2) is 60.9 Å². The third kappa shape index (κ3) is 7.52. The number of aromatic nitrogens is 1. The Morgan fingerprint density at radius 1 is 1.08 bits per heavy atom. The minimum atomic E-state index is -4.56. The SMILES string of the molecule is C[I-]C(=O)[C@@H]1C[C@@H](Oc2nccc3c(C(F)(F)F)cccc23)CN1C(=O)[C@@H](NC(=O)OC(C)(C)C)C(C)(C)C. The first-order valence-electron chi connectivity index (χ1n) is 12.4. The molecule has 0 bridgehead atoms. The third-order valence-corrected chi connectivity index (χ3v) is 7.90. The monoisotopic (exact) mass is 664 g/mol. The number of amides is 2. The summed E-state index contributed by atoms with van der Waals surface area (Å²) in [5.74, 6) is -0.463. The van der Waals surface area contributed by atoms with Crippen LogP contribution in [0.3, 0.4) is 0 Å². The molecule has 0 spiro atoms. The summed E-state index contributed by atoms with van der Waals surface area (Å²) in [5.41, 5.74) is -2.29. The topological polar surface area (TPSA) is 97.8 Å². The number of nitrogens with zero attached hydrogens (tertiary/aromatic N) is 2. The fourth-order valence-corrected chi connectivity index (χ4v) is 5.70. The molecule has 12 heteroatoms. The van der Waals surface area contributed by atoms with E-state index in [1.807, 2.05) is 0 Å². The van der Waals surface area contributed by atoms with E-state index in [2.05, 4.69) is 10.3 Å². The summed E-state index contributed by atoms with van der Waals surface area (Å²) in [4.78, 5) is 46.7. The Morgan fingerprint density at radius 2 is 1.74 bits per heavy atom. The van der Waals surface area contributed by atoms with Gasteiger partial charge in [0.25, 0.3) is 0 Å². The standard InChI is InChI=1S/C27H34F3IN3O5/c1-25(2,3)20(33-24(37)39-26(4,5)6)23(36)34-14-15(13-19(34)21(35)31-7)38-22-17-9-8-10-18(27(28,29)30)16(17)11-12-32-22/h8-12,15,19-20H,13-14H2,1-7H3,(H,33,37)/q-1/t15-,19+,20-/m1/s1. The number of fused-ring (bicyclic) bond motifs is 1. The first-order valence-corrected chi connectivity index (χ1v) is 15.6. The van der Waals surface area contributed by atoms with Gasteiger partial charge in [-0.15, -0.1) is 0 Å². The number of likely N-dealkylation sites (tertiary alicyclic amines) is 1. The van der Waals surface area contributed by atoms with Crippen LogP contribution >= 0.6 is 0 Å². The molecule has 0 saturated carbocycles. The Balaban J connectivity index is 1.90. The minimum absolute atomic E-state index is 0.00505. The Hall–Kier alpha value is -2.64. The van der Waals surface area contributed by atoms with Crippen LogP contribution in [0.4, 0.5) is 18.0 Å². The van der Waals surface area contributed by atoms with Crippen molar-refractivity contribution in [1.29, 1.82) is 0 Å². The van der Waals surface area contributed by atoms with Gasteiger partial charge in [0, 0.05) is 0 Å². The van der Waals surface area contributed by atoms with Crippen LogP contribution in [0, 0.1) is 5.41 Å². The van der Waals surface area contributed by atoms with Crippen LogP contribution in [0.25, 0.3) is 10.8 Å². The average Bonchev–Trinajstić information content (AvgIpc) is 3.23. The fourth-order valence-electron chi connectivity index (χ4n) is 4.39. The number of carbonyl (C=O) groups excluding carboxylic acids is 3. The van der Waals surface area contributed by atoms with Crippen molar-refractivity contribution in [3.8, 4) is 5.88 Å². The number of alkyl carbamates (subject to hydrolysis) is 1. The Bertz CT molecular complexity index is 1240. The molecule has 1 fully saturated rings. The van der Waals surface area contributed by atoms with E-state index in [1.165, 1.54) is 29.3 Å². The van der Waals surface area contributed by atoms with Gasteiger partial charge in [0.15, 0.2) is 0 Å². The number of nitrogens with one attached hydrogen (secondary N) is 1. The number of hydrogen-bond acceptors (Lipinski definition) is 6. The van der Waals surface area contributed by atoms with E-state index in [4.69, 9.17) is 9.47 Å². The van der Waals surface area contributed by atoms with Crippen molar-refractivity contribution >= 4 is 26.6 Å². The Kier molecular flexibility index (Phi) is 9.08. The number of benzene rings is 1. The number of pyridine rings is 1. The molecule has 1 N–H and O–H groups in total. The molecule has 2 aromatic rings. The van der Waals surface area contributed by atoms with Crippen molar-refractivity contribution < 1.29 is 58.2 Å². The second-order valence-electron chi connectivity index (χ2n) is 11.4. The zero-order valence-electron chi connectivity index (χ0n) is 23.0. The molecule has 1 aliphatic rings. The second-order valence-corrected chi connectivity index (χ2v) is 13.6. The van der Waals surface area contributed by atoms with Gasteiger partial charge in [-0.25, -0.2) is 0 Å². The van der Waals surface area contributed by atoms with Crippen molar-refractivity contribution in [3.63, 3.8) is 0 Å². The third-order valence-electron chi connectivity index (χ3n) is 6.12. The molecule has 2 heterocycles. The molecular weight excluding hydrogens is 630 g/mol. The van der Waals surface area contributed by atoms with Crippen molar-refractivity contribution in [2.75, 3.05) is 11.5 Å². The van der Waals surface area contributed by atoms with Gasteiger partial charge in [-0.1, -0.05) is 0 Å². The predicted octanol–water partition coefficient (Wildman–Crippen LogP) is 1.79. The van der Waals surface area contributed by atoms with Gasteiger partial charge in [0.1, 0.15) is 0 Å². The normalized spacial score (nSPS) is 19.2. The molecule has 0 aliphatic carbocycles. The summed E-state index contributed by atoms with van der Waals surface area (Å²) in [5, 5.41) is 2.79. The molecular formula is C27H34F3IN3O5-. The van der Waals surface area contributed by atoms with Crippen molar-refractivity contribution in [1.82, 2.24) is 15.2 Å². The molecule has 1 saturated heterocycles. The van der Waals surface area contributed by atoms with Gasteiger partial charge in [0.05, 0.1) is 0 Å². The van der Waals surface area contributed by atoms with Crippen molar-refractivity contribution in [3.05, 3.63) is 36.0 Å². The van der Waals surface area contributed by atoms with Crippen LogP contribution in [0.1, 0.15) is 53.5 Å². The second kappa shape index (κ2) is 11.5. The molecule has 39 heavy (non-hydrogen) atoms. The molecule has 0 unspecified atom stereocenters. The fraction of sp³-hybridized carbons (Fsp3) is 0.556. The van der Waals surface area contributed by atoms with Gasteiger partial charge in [-0.2, -0.15) is 0 Å². The summed E-state index contributed by atoms with van der Waals surface area (Å²) in [7, 11) is 0. The van der Waals surface area contributed by atoms with E-state index in [0.717, 1.165) is 6.07 Å². The summed E-state index contributed by atoms with van der Waals surface area (Å²) >= 11 is -0.874. The van der Waals surface area contributed by atoms with Crippen LogP contribution in [0.5, 0.6) is 5.88 Å². The summed E-state index contributed by atoms with van der Waals surface area (Å²) in [6, 6.07) is 3.28. The van der Waals surface area contributed by atoms with E-state index in [1.54, 1.807) is 46.5 Å². The molecule has 1 aromatic heterocycles. The predicted molar refractivity (Wildman–Crippen MR) is 135 cm³/mol. The maximum atomic E-state index is 13.8. The van der Waals surface area contributed by atoms with Crippen molar-refractivity contribution in [2.24, 2.45) is 5.41 Å². The average molecular weight is 664 g/mol. The van der Waals surface area contributed by atoms with Crippen LogP contribution < -0.4 is 31.3 Å². The molecule has 8 nitrogen and oxygen atoms in total. The molecule has 216 valence electrons. The van der Waals surface area contributed by atoms with E-state index in [9.17, 15) is 27.6 Å². The molecule has 1 aromatic carbocycles. The molecule has 0 radical (unpaired) electrons. The van der Waals surface area contributed by atoms with Gasteiger partial charge in [-0.3, -0.25) is 0 Å². The first kappa shape index (κ1) is 30.9. The van der Waals surface area contributed by atoms with Gasteiger partial charge in [0.2, 0.25) is 0 Å². The van der Waals surface area contributed by atoms with Gasteiger partial charge >= 0.3 is 237 Å². The number of rotatable bonds is 6. The number of carbonyl (C=O) groups is 3. The number of halogens is 4. The molecule has 1 aliphatic heterocycles. The van der Waals surface area contributed by atoms with Gasteiger partial charge in [-0.05, 0) is 0 Å². The van der Waals surface area contributed by atoms with Crippen LogP contribution in [0.2, 0.25) is 0 Å². The summed E-state index contributed by atoms with van der Waals surface area (Å²) in [6.07, 6.45) is -4.59. The molecule has 3 atom stereocenters. The number of ether oxygens (including phenoxy) is 2. The van der Waals surface area contributed by atoms with E-state index >= 15 is 0 Å². The summed E-state index contributed by atoms with van der Waals surface area (Å²) in [6.45, 7) is 10.5. The molecule has 2 amide bonds. The quantitative estimate of drug-likeness (QED) is 0.288. The zero-order chi connectivity index (χ0) is 29.3.